The van der Waals surface area contributed by atoms with Crippen molar-refractivity contribution in [2.75, 3.05) is 51.3 Å². The molecule has 2 saturated heterocycles. The summed E-state index contributed by atoms with van der Waals surface area (Å²) in [6.45, 7) is 11.9. The number of anilines is 1. The lowest BCUT2D eigenvalue weighted by Gasteiger charge is -2.60. The second-order valence-corrected chi connectivity index (χ2v) is 15.0. The molecule has 2 saturated carbocycles. The quantitative estimate of drug-likeness (QED) is 0.156. The van der Waals surface area contributed by atoms with Crippen LogP contribution in [0.4, 0.5) is 5.69 Å². The number of nitrogens with zero attached hydrogens (tertiary/aromatic N) is 2. The highest BCUT2D eigenvalue weighted by atomic mass is 16.7. The summed E-state index contributed by atoms with van der Waals surface area (Å²) in [6, 6.07) is 8.29. The van der Waals surface area contributed by atoms with Gasteiger partial charge in [-0.1, -0.05) is 50.3 Å². The van der Waals surface area contributed by atoms with Crippen LogP contribution >= 0.6 is 0 Å². The van der Waals surface area contributed by atoms with Crippen LogP contribution in [0.15, 0.2) is 66.0 Å². The molecule has 3 aliphatic heterocycles. The Morgan fingerprint density at radius 3 is 2.41 bits per heavy atom. The predicted molar refractivity (Wildman–Crippen MR) is 184 cm³/mol. The number of cyclic esters (lactones) is 1. The van der Waals surface area contributed by atoms with Gasteiger partial charge in [-0.25, -0.2) is 4.79 Å². The van der Waals surface area contributed by atoms with E-state index in [-0.39, 0.29) is 23.9 Å². The highest BCUT2D eigenvalue weighted by Crippen LogP contribution is 2.62. The predicted octanol–water partition coefficient (Wildman–Crippen LogP) is 2.38. The third-order valence-corrected chi connectivity index (χ3v) is 11.9. The molecule has 268 valence electrons. The second kappa shape index (κ2) is 14.4. The van der Waals surface area contributed by atoms with Gasteiger partial charge in [-0.15, -0.1) is 0 Å². The van der Waals surface area contributed by atoms with Gasteiger partial charge in [-0.2, -0.15) is 0 Å². The zero-order valence-corrected chi connectivity index (χ0v) is 28.8. The Balaban J connectivity index is 1.16. The molecule has 1 aromatic rings. The van der Waals surface area contributed by atoms with Gasteiger partial charge in [0.1, 0.15) is 30.2 Å². The Morgan fingerprint density at radius 2 is 1.73 bits per heavy atom. The molecule has 1 aromatic carbocycles. The van der Waals surface area contributed by atoms with Crippen LogP contribution in [-0.2, 0) is 19.0 Å². The van der Waals surface area contributed by atoms with Crippen LogP contribution in [0.3, 0.4) is 0 Å². The number of rotatable bonds is 8. The monoisotopic (exact) mass is 680 g/mol. The maximum Gasteiger partial charge on any atom is 0.343 e. The minimum Gasteiger partial charge on any atom is -0.423 e. The van der Waals surface area contributed by atoms with Gasteiger partial charge < -0.3 is 49.5 Å². The minimum atomic E-state index is -1.54. The summed E-state index contributed by atoms with van der Waals surface area (Å²) in [5, 5.41) is 51.7. The molecule has 7 unspecified atom stereocenters. The number of aliphatic hydroxyl groups excluding tert-OH is 5. The molecule has 5 N–H and O–H groups in total. The van der Waals surface area contributed by atoms with Gasteiger partial charge in [0.05, 0.1) is 24.9 Å². The van der Waals surface area contributed by atoms with Crippen molar-refractivity contribution in [1.29, 1.82) is 0 Å². The topological polar surface area (TPSA) is 152 Å². The van der Waals surface area contributed by atoms with Gasteiger partial charge >= 0.3 is 5.97 Å². The molecule has 0 aromatic heterocycles. The Labute approximate surface area is 288 Å². The Kier molecular flexibility index (Phi) is 10.6. The van der Waals surface area contributed by atoms with Crippen LogP contribution in [0.5, 0.6) is 0 Å². The van der Waals surface area contributed by atoms with Crippen molar-refractivity contribution >= 4 is 17.7 Å². The smallest absolute Gasteiger partial charge is 0.343 e. The van der Waals surface area contributed by atoms with Crippen LogP contribution in [0.2, 0.25) is 0 Å². The first-order valence-electron chi connectivity index (χ1n) is 17.5. The SMILES string of the molecule is C=C1CCC2[C@](C)(CC[C@@H](OC3OC(CO)C(O)C(O)C3O)[C@@]2(C)CO)C1/C=C/C1=CC(=C\c2ccc(N3CCN(C)CC3)cc2)/OC1=O. The van der Waals surface area contributed by atoms with Crippen molar-refractivity contribution in [2.45, 2.75) is 76.3 Å². The molecule has 6 rings (SSSR count). The van der Waals surface area contributed by atoms with Gasteiger partial charge in [0.2, 0.25) is 0 Å². The van der Waals surface area contributed by atoms with Crippen molar-refractivity contribution in [3.8, 4) is 0 Å². The Bertz CT molecular complexity index is 1470. The summed E-state index contributed by atoms with van der Waals surface area (Å²) in [7, 11) is 2.14. The molecule has 4 fully saturated rings. The third kappa shape index (κ3) is 6.92. The fraction of sp³-hybridized carbons (Fsp3) is 0.605. The van der Waals surface area contributed by atoms with Gasteiger partial charge in [0.25, 0.3) is 0 Å². The fourth-order valence-corrected chi connectivity index (χ4v) is 8.85. The maximum absolute atomic E-state index is 12.9. The molecular formula is C38H52N2O9. The van der Waals surface area contributed by atoms with Crippen molar-refractivity contribution in [1.82, 2.24) is 4.90 Å². The number of likely N-dealkylation sites (N-methyl/N-ethyl adjacent to an activating group) is 1. The number of carbonyl (C=O) groups excluding carboxylic acids is 1. The molecule has 0 bridgehead atoms. The number of hydrogen-bond acceptors (Lipinski definition) is 11. The molecule has 10 atom stereocenters. The number of fused-ring (bicyclic) bond motifs is 1. The van der Waals surface area contributed by atoms with Crippen LogP contribution in [0, 0.1) is 22.7 Å². The number of aliphatic hydroxyl groups is 5. The Morgan fingerprint density at radius 1 is 1.02 bits per heavy atom. The summed E-state index contributed by atoms with van der Waals surface area (Å²) in [5.74, 6) is -0.00414. The van der Waals surface area contributed by atoms with Gasteiger partial charge in [0.15, 0.2) is 6.29 Å². The molecule has 0 radical (unpaired) electrons. The maximum atomic E-state index is 12.9. The van der Waals surface area contributed by atoms with E-state index in [2.05, 4.69) is 42.5 Å². The molecule has 0 amide bonds. The van der Waals surface area contributed by atoms with Gasteiger partial charge in [-0.05, 0) is 73.9 Å². The summed E-state index contributed by atoms with van der Waals surface area (Å²) < 4.78 is 17.6. The third-order valence-electron chi connectivity index (χ3n) is 11.9. The van der Waals surface area contributed by atoms with Crippen LogP contribution in [0.1, 0.15) is 45.1 Å². The number of carbonyl (C=O) groups is 1. The fourth-order valence-electron chi connectivity index (χ4n) is 8.85. The normalized spacial score (nSPS) is 39.7. The number of esters is 1. The first kappa shape index (κ1) is 35.9. The lowest BCUT2D eigenvalue weighted by atomic mass is 9.46. The van der Waals surface area contributed by atoms with E-state index in [1.54, 1.807) is 6.08 Å². The van der Waals surface area contributed by atoms with Crippen LogP contribution in [0.25, 0.3) is 6.08 Å². The number of benzene rings is 1. The van der Waals surface area contributed by atoms with Gasteiger partial charge in [-0.3, -0.25) is 0 Å². The van der Waals surface area contributed by atoms with Crippen molar-refractivity contribution in [3.05, 3.63) is 71.5 Å². The largest absolute Gasteiger partial charge is 0.423 e. The molecule has 2 aliphatic carbocycles. The number of ether oxygens (including phenoxy) is 3. The van der Waals surface area contributed by atoms with E-state index in [1.165, 1.54) is 5.69 Å². The van der Waals surface area contributed by atoms with E-state index in [9.17, 15) is 30.3 Å². The Hall–Kier alpha value is -2.87. The summed E-state index contributed by atoms with van der Waals surface area (Å²) in [6.07, 6.45) is 2.84. The average Bonchev–Trinajstić information content (AvgIpc) is 3.44. The highest BCUT2D eigenvalue weighted by molar-refractivity contribution is 5.96. The first-order chi connectivity index (χ1) is 23.4. The number of hydrogen-bond donors (Lipinski definition) is 5. The van der Waals surface area contributed by atoms with Crippen LogP contribution < -0.4 is 4.90 Å². The first-order valence-corrected chi connectivity index (χ1v) is 17.5. The van der Waals surface area contributed by atoms with E-state index in [1.807, 2.05) is 37.3 Å². The molecule has 11 nitrogen and oxygen atoms in total. The lowest BCUT2D eigenvalue weighted by Crippen LogP contribution is -2.63. The van der Waals surface area contributed by atoms with Crippen molar-refractivity contribution in [2.24, 2.45) is 22.7 Å². The van der Waals surface area contributed by atoms with E-state index in [0.717, 1.165) is 50.2 Å². The highest BCUT2D eigenvalue weighted by Gasteiger charge is 2.59. The summed E-state index contributed by atoms with van der Waals surface area (Å²) >= 11 is 0. The minimum absolute atomic E-state index is 0.0115. The van der Waals surface area contributed by atoms with Crippen LogP contribution in [-0.4, -0.2) is 120 Å². The summed E-state index contributed by atoms with van der Waals surface area (Å²) in [4.78, 5) is 17.6. The molecule has 11 heteroatoms. The molecule has 0 spiro atoms. The average molecular weight is 681 g/mol. The molecule has 3 heterocycles. The second-order valence-electron chi connectivity index (χ2n) is 15.0. The number of piperazine rings is 1. The van der Waals surface area contributed by atoms with E-state index in [4.69, 9.17) is 14.2 Å². The van der Waals surface area contributed by atoms with E-state index >= 15 is 0 Å². The molecule has 49 heavy (non-hydrogen) atoms. The number of allylic oxidation sites excluding steroid dienone is 3. The van der Waals surface area contributed by atoms with Crippen molar-refractivity contribution in [3.63, 3.8) is 0 Å². The van der Waals surface area contributed by atoms with Gasteiger partial charge in [0, 0.05) is 43.2 Å². The van der Waals surface area contributed by atoms with E-state index < -0.39 is 54.8 Å². The zero-order valence-electron chi connectivity index (χ0n) is 28.8. The van der Waals surface area contributed by atoms with E-state index in [0.29, 0.717) is 24.2 Å². The molecule has 5 aliphatic rings. The lowest BCUT2D eigenvalue weighted by molar-refractivity contribution is -0.329. The zero-order chi connectivity index (χ0) is 35.1. The standard InChI is InChI=1S/C38H52N2O9/c1-23-5-12-30-37(2,14-13-31(38(30,3)22-42)49-36-34(45)33(44)32(43)29(21-41)48-36)28(23)11-8-25-20-27(47-35(25)46)19-24-6-9-26(10-7-24)40-17-15-39(4)16-18-40/h6-11,19-20,28-34,36,41-45H,1,5,12-18,21-22H2,2-4H3/b11-8+,27-19+/t28?,29?,30?,31-,32?,33?,34?,36?,37-,38+/m1/s1. The molecular weight excluding hydrogens is 628 g/mol. The summed E-state index contributed by atoms with van der Waals surface area (Å²) in [5.41, 5.74) is 2.61. The van der Waals surface area contributed by atoms with Crippen molar-refractivity contribution < 1.29 is 44.5 Å².